The number of carbonyl (C=O) groups excluding carboxylic acids is 1. The highest BCUT2D eigenvalue weighted by Gasteiger charge is 2.17. The molecular formula is C16H26N2O5S. The molecule has 1 N–H and O–H groups in total. The van der Waals surface area contributed by atoms with Crippen LogP contribution >= 0.6 is 0 Å². The van der Waals surface area contributed by atoms with Crippen LogP contribution in [-0.2, 0) is 14.8 Å². The van der Waals surface area contributed by atoms with Gasteiger partial charge in [-0.05, 0) is 18.1 Å². The molecule has 1 aromatic rings. The zero-order valence-electron chi connectivity index (χ0n) is 14.6. The first-order chi connectivity index (χ1) is 11.2. The smallest absolute Gasteiger partial charge is 0.257 e. The Morgan fingerprint density at radius 3 is 2.42 bits per heavy atom. The van der Waals surface area contributed by atoms with Gasteiger partial charge in [0.05, 0.1) is 13.4 Å². The summed E-state index contributed by atoms with van der Waals surface area (Å²) in [6, 6.07) is 7.04. The highest BCUT2D eigenvalue weighted by molar-refractivity contribution is 7.88. The van der Waals surface area contributed by atoms with Crippen LogP contribution in [0.1, 0.15) is 13.8 Å². The zero-order chi connectivity index (χ0) is 18.2. The molecule has 24 heavy (non-hydrogen) atoms. The molecule has 0 aliphatic carbocycles. The van der Waals surface area contributed by atoms with E-state index in [9.17, 15) is 13.2 Å². The quantitative estimate of drug-likeness (QED) is 0.677. The standard InChI is InChI=1S/C16H26N2O5S/c1-13(2)11-18(24(4,20)21)10-9-17-16(19)12-23-15-8-6-5-7-14(15)22-3/h5-8,13H,9-12H2,1-4H3,(H,17,19). The van der Waals surface area contributed by atoms with Gasteiger partial charge in [0, 0.05) is 19.6 Å². The summed E-state index contributed by atoms with van der Waals surface area (Å²) >= 11 is 0. The second kappa shape index (κ2) is 9.48. The minimum absolute atomic E-state index is 0.163. The Morgan fingerprint density at radius 2 is 1.88 bits per heavy atom. The minimum Gasteiger partial charge on any atom is -0.493 e. The number of hydrogen-bond donors (Lipinski definition) is 1. The van der Waals surface area contributed by atoms with Crippen LogP contribution in [0.2, 0.25) is 0 Å². The lowest BCUT2D eigenvalue weighted by Gasteiger charge is -2.22. The summed E-state index contributed by atoms with van der Waals surface area (Å²) < 4.78 is 35.3. The molecule has 0 heterocycles. The maximum Gasteiger partial charge on any atom is 0.257 e. The number of sulfonamides is 1. The van der Waals surface area contributed by atoms with E-state index in [2.05, 4.69) is 5.32 Å². The summed E-state index contributed by atoms with van der Waals surface area (Å²) in [7, 11) is -1.76. The monoisotopic (exact) mass is 358 g/mol. The Bertz CT molecular complexity index is 631. The molecule has 1 rings (SSSR count). The molecule has 0 bridgehead atoms. The summed E-state index contributed by atoms with van der Waals surface area (Å²) in [6.45, 7) is 4.61. The third-order valence-electron chi connectivity index (χ3n) is 3.15. The SMILES string of the molecule is COc1ccccc1OCC(=O)NCCN(CC(C)C)S(C)(=O)=O. The van der Waals surface area contributed by atoms with Gasteiger partial charge in [-0.15, -0.1) is 0 Å². The van der Waals surface area contributed by atoms with Crippen LogP contribution < -0.4 is 14.8 Å². The van der Waals surface area contributed by atoms with Crippen molar-refractivity contribution < 1.29 is 22.7 Å². The number of hydrogen-bond acceptors (Lipinski definition) is 5. The van der Waals surface area contributed by atoms with Crippen molar-refractivity contribution in [3.05, 3.63) is 24.3 Å². The third-order valence-corrected chi connectivity index (χ3v) is 4.42. The number of para-hydroxylation sites is 2. The molecule has 0 aliphatic rings. The zero-order valence-corrected chi connectivity index (χ0v) is 15.4. The predicted octanol–water partition coefficient (Wildman–Crippen LogP) is 1.11. The molecule has 0 unspecified atom stereocenters. The van der Waals surface area contributed by atoms with Gasteiger partial charge in [-0.25, -0.2) is 12.7 Å². The molecule has 0 aromatic heterocycles. The average molecular weight is 358 g/mol. The highest BCUT2D eigenvalue weighted by atomic mass is 32.2. The largest absolute Gasteiger partial charge is 0.493 e. The number of methoxy groups -OCH3 is 1. The molecule has 0 atom stereocenters. The van der Waals surface area contributed by atoms with Gasteiger partial charge in [0.2, 0.25) is 10.0 Å². The van der Waals surface area contributed by atoms with Gasteiger partial charge in [0.15, 0.2) is 18.1 Å². The molecule has 0 spiro atoms. The Balaban J connectivity index is 2.43. The second-order valence-corrected chi connectivity index (χ2v) is 7.79. The van der Waals surface area contributed by atoms with E-state index in [1.807, 2.05) is 13.8 Å². The van der Waals surface area contributed by atoms with E-state index in [1.54, 1.807) is 24.3 Å². The van der Waals surface area contributed by atoms with Gasteiger partial charge in [-0.1, -0.05) is 26.0 Å². The molecule has 0 radical (unpaired) electrons. The average Bonchev–Trinajstić information content (AvgIpc) is 2.51. The molecule has 0 saturated heterocycles. The van der Waals surface area contributed by atoms with Crippen molar-refractivity contribution in [1.82, 2.24) is 9.62 Å². The van der Waals surface area contributed by atoms with Gasteiger partial charge in [0.1, 0.15) is 0 Å². The van der Waals surface area contributed by atoms with Crippen molar-refractivity contribution in [2.75, 3.05) is 39.6 Å². The van der Waals surface area contributed by atoms with Crippen molar-refractivity contribution in [1.29, 1.82) is 0 Å². The maximum absolute atomic E-state index is 11.8. The summed E-state index contributed by atoms with van der Waals surface area (Å²) in [5.74, 6) is 0.918. The first-order valence-corrected chi connectivity index (χ1v) is 9.56. The second-order valence-electron chi connectivity index (χ2n) is 5.80. The minimum atomic E-state index is -3.29. The fraction of sp³-hybridized carbons (Fsp3) is 0.562. The molecule has 7 nitrogen and oxygen atoms in total. The van der Waals surface area contributed by atoms with Crippen molar-refractivity contribution in [3.8, 4) is 11.5 Å². The number of ether oxygens (including phenoxy) is 2. The van der Waals surface area contributed by atoms with Crippen molar-refractivity contribution in [3.63, 3.8) is 0 Å². The first-order valence-electron chi connectivity index (χ1n) is 7.71. The van der Waals surface area contributed by atoms with E-state index in [0.29, 0.717) is 18.0 Å². The lowest BCUT2D eigenvalue weighted by Crippen LogP contribution is -2.40. The van der Waals surface area contributed by atoms with E-state index in [1.165, 1.54) is 17.7 Å². The molecule has 0 saturated carbocycles. The van der Waals surface area contributed by atoms with Crippen molar-refractivity contribution >= 4 is 15.9 Å². The topological polar surface area (TPSA) is 84.9 Å². The van der Waals surface area contributed by atoms with E-state index in [0.717, 1.165) is 0 Å². The number of amides is 1. The van der Waals surface area contributed by atoms with Crippen LogP contribution in [0.5, 0.6) is 11.5 Å². The molecule has 8 heteroatoms. The van der Waals surface area contributed by atoms with Gasteiger partial charge in [-0.2, -0.15) is 0 Å². The summed E-state index contributed by atoms with van der Waals surface area (Å²) in [4.78, 5) is 11.8. The predicted molar refractivity (Wildman–Crippen MR) is 92.8 cm³/mol. The normalized spacial score (nSPS) is 11.6. The van der Waals surface area contributed by atoms with Gasteiger partial charge in [0.25, 0.3) is 5.91 Å². The highest BCUT2D eigenvalue weighted by Crippen LogP contribution is 2.25. The molecule has 1 amide bonds. The molecule has 0 aliphatic heterocycles. The molecular weight excluding hydrogens is 332 g/mol. The fourth-order valence-corrected chi connectivity index (χ4v) is 3.04. The number of nitrogens with zero attached hydrogens (tertiary/aromatic N) is 1. The third kappa shape index (κ3) is 7.18. The Labute approximate surface area is 144 Å². The Morgan fingerprint density at radius 1 is 1.25 bits per heavy atom. The summed E-state index contributed by atoms with van der Waals surface area (Å²) in [5.41, 5.74) is 0. The number of carbonyl (C=O) groups is 1. The van der Waals surface area contributed by atoms with Crippen LogP contribution in [0.4, 0.5) is 0 Å². The fourth-order valence-electron chi connectivity index (χ4n) is 2.05. The lowest BCUT2D eigenvalue weighted by molar-refractivity contribution is -0.123. The Kier molecular flexibility index (Phi) is 8.00. The van der Waals surface area contributed by atoms with Crippen molar-refractivity contribution in [2.24, 2.45) is 5.92 Å². The van der Waals surface area contributed by atoms with Crippen LogP contribution in [0.15, 0.2) is 24.3 Å². The lowest BCUT2D eigenvalue weighted by atomic mass is 10.2. The molecule has 1 aromatic carbocycles. The summed E-state index contributed by atoms with van der Waals surface area (Å²) in [6.07, 6.45) is 1.17. The van der Waals surface area contributed by atoms with Crippen LogP contribution in [0, 0.1) is 5.92 Å². The van der Waals surface area contributed by atoms with Crippen LogP contribution in [0.3, 0.4) is 0 Å². The van der Waals surface area contributed by atoms with E-state index in [-0.39, 0.29) is 31.5 Å². The van der Waals surface area contributed by atoms with E-state index >= 15 is 0 Å². The number of nitrogens with one attached hydrogen (secondary N) is 1. The van der Waals surface area contributed by atoms with Crippen LogP contribution in [-0.4, -0.2) is 58.2 Å². The number of benzene rings is 1. The van der Waals surface area contributed by atoms with Gasteiger partial charge in [-0.3, -0.25) is 4.79 Å². The van der Waals surface area contributed by atoms with E-state index in [4.69, 9.17) is 9.47 Å². The maximum atomic E-state index is 11.8. The van der Waals surface area contributed by atoms with Crippen molar-refractivity contribution in [2.45, 2.75) is 13.8 Å². The molecule has 0 fully saturated rings. The van der Waals surface area contributed by atoms with Gasteiger partial charge >= 0.3 is 0 Å². The first kappa shape index (κ1) is 20.2. The Hall–Kier alpha value is -1.80. The molecule has 136 valence electrons. The van der Waals surface area contributed by atoms with Gasteiger partial charge < -0.3 is 14.8 Å². The van der Waals surface area contributed by atoms with E-state index < -0.39 is 10.0 Å². The van der Waals surface area contributed by atoms with Crippen LogP contribution in [0.25, 0.3) is 0 Å². The number of rotatable bonds is 10. The summed E-state index contributed by atoms with van der Waals surface area (Å²) in [5, 5.41) is 2.66.